The zero-order chi connectivity index (χ0) is 5.98. The predicted octanol–water partition coefficient (Wildman–Crippen LogP) is 2.93. The lowest BCUT2D eigenvalue weighted by Gasteiger charge is -2.04. The molecule has 0 N–H and O–H groups in total. The van der Waals surface area contributed by atoms with Gasteiger partial charge in [0.15, 0.2) is 0 Å². The van der Waals surface area contributed by atoms with E-state index in [0.717, 1.165) is 6.42 Å². The van der Waals surface area contributed by atoms with E-state index in [-0.39, 0.29) is 0 Å². The van der Waals surface area contributed by atoms with Crippen LogP contribution < -0.4 is 0 Å². The maximum absolute atomic E-state index is 2.26. The molecule has 1 heterocycles. The van der Waals surface area contributed by atoms with Crippen LogP contribution in [0.4, 0.5) is 0 Å². The van der Waals surface area contributed by atoms with Crippen molar-refractivity contribution >= 4 is 11.8 Å². The molecule has 0 fully saturated rings. The number of allylic oxidation sites excluding steroid dienone is 3. The number of hydrogen-bond acceptors (Lipinski definition) is 1. The molecule has 8 heavy (non-hydrogen) atoms. The lowest BCUT2D eigenvalue weighted by molar-refractivity contribution is 1.20. The summed E-state index contributed by atoms with van der Waals surface area (Å²) in [5, 5.41) is 2.22. The van der Waals surface area contributed by atoms with Crippen molar-refractivity contribution in [3.8, 4) is 0 Å². The second kappa shape index (κ2) is 2.40. The summed E-state index contributed by atoms with van der Waals surface area (Å²) < 4.78 is 0. The van der Waals surface area contributed by atoms with Crippen molar-refractivity contribution < 1.29 is 0 Å². The molecule has 0 unspecified atom stereocenters. The molecule has 1 aliphatic rings. The highest BCUT2D eigenvalue weighted by Crippen LogP contribution is 2.25. The minimum atomic E-state index is 1.15. The van der Waals surface area contributed by atoms with Gasteiger partial charge in [0.25, 0.3) is 0 Å². The molecule has 0 spiro atoms. The molecule has 1 heteroatoms. The van der Waals surface area contributed by atoms with Crippen LogP contribution in [0.15, 0.2) is 22.0 Å². The van der Waals surface area contributed by atoms with E-state index in [2.05, 4.69) is 25.3 Å². The van der Waals surface area contributed by atoms with Crippen LogP contribution in [0.25, 0.3) is 0 Å². The van der Waals surface area contributed by atoms with Gasteiger partial charge in [-0.25, -0.2) is 0 Å². The van der Waals surface area contributed by atoms with Crippen LogP contribution >= 0.6 is 11.8 Å². The highest BCUT2D eigenvalue weighted by molar-refractivity contribution is 8.05. The second-order valence-corrected chi connectivity index (χ2v) is 3.22. The van der Waals surface area contributed by atoms with Gasteiger partial charge >= 0.3 is 0 Å². The number of rotatable bonds is 0. The third-order valence-electron chi connectivity index (χ3n) is 1.16. The summed E-state index contributed by atoms with van der Waals surface area (Å²) >= 11 is 1.83. The molecular weight excluding hydrogens is 116 g/mol. The van der Waals surface area contributed by atoms with Crippen molar-refractivity contribution in [2.45, 2.75) is 20.3 Å². The molecule has 0 aromatic heterocycles. The van der Waals surface area contributed by atoms with Gasteiger partial charge in [0.1, 0.15) is 0 Å². The Morgan fingerprint density at radius 1 is 1.50 bits per heavy atom. The summed E-state index contributed by atoms with van der Waals surface area (Å²) in [6.45, 7) is 4.31. The Bertz CT molecular complexity index is 124. The summed E-state index contributed by atoms with van der Waals surface area (Å²) in [4.78, 5) is 1.43. The van der Waals surface area contributed by atoms with Crippen LogP contribution in [0.5, 0.6) is 0 Å². The van der Waals surface area contributed by atoms with Crippen LogP contribution in [0.3, 0.4) is 0 Å². The zero-order valence-electron chi connectivity index (χ0n) is 5.27. The fourth-order valence-corrected chi connectivity index (χ4v) is 1.26. The monoisotopic (exact) mass is 126 g/mol. The third kappa shape index (κ3) is 1.41. The van der Waals surface area contributed by atoms with Crippen molar-refractivity contribution in [2.75, 3.05) is 0 Å². The normalized spacial score (nSPS) is 19.8. The standard InChI is InChI=1S/C7H10S/c1-6-3-4-7(2)8-5-6/h4-5H,3H2,1-2H3. The Labute approximate surface area is 54.7 Å². The average molecular weight is 126 g/mol. The van der Waals surface area contributed by atoms with Gasteiger partial charge in [-0.15, -0.1) is 11.8 Å². The van der Waals surface area contributed by atoms with Gasteiger partial charge in [0.05, 0.1) is 0 Å². The lowest BCUT2D eigenvalue weighted by Crippen LogP contribution is -1.78. The van der Waals surface area contributed by atoms with Gasteiger partial charge in [-0.2, -0.15) is 0 Å². The van der Waals surface area contributed by atoms with Gasteiger partial charge in [-0.3, -0.25) is 0 Å². The molecule has 1 rings (SSSR count). The van der Waals surface area contributed by atoms with Gasteiger partial charge in [-0.05, 0) is 30.6 Å². The second-order valence-electron chi connectivity index (χ2n) is 2.10. The molecule has 44 valence electrons. The van der Waals surface area contributed by atoms with Crippen molar-refractivity contribution in [1.29, 1.82) is 0 Å². The van der Waals surface area contributed by atoms with Crippen molar-refractivity contribution in [3.63, 3.8) is 0 Å². The molecule has 0 aromatic carbocycles. The van der Waals surface area contributed by atoms with Crippen molar-refractivity contribution in [2.24, 2.45) is 0 Å². The Hall–Kier alpha value is -0.170. The summed E-state index contributed by atoms with van der Waals surface area (Å²) in [5.74, 6) is 0. The first-order valence-electron chi connectivity index (χ1n) is 2.78. The summed E-state index contributed by atoms with van der Waals surface area (Å²) in [7, 11) is 0. The number of thioether (sulfide) groups is 1. The third-order valence-corrected chi connectivity index (χ3v) is 2.22. The van der Waals surface area contributed by atoms with E-state index in [1.54, 1.807) is 0 Å². The number of hydrogen-bond donors (Lipinski definition) is 0. The highest BCUT2D eigenvalue weighted by Gasteiger charge is 1.95. The lowest BCUT2D eigenvalue weighted by atomic mass is 10.2. The Kier molecular flexibility index (Phi) is 1.79. The molecule has 0 aromatic rings. The van der Waals surface area contributed by atoms with Gasteiger partial charge < -0.3 is 0 Å². The fourth-order valence-electron chi connectivity index (χ4n) is 0.594. The van der Waals surface area contributed by atoms with E-state index in [9.17, 15) is 0 Å². The molecule has 0 aliphatic carbocycles. The molecule has 0 radical (unpaired) electrons. The van der Waals surface area contributed by atoms with Crippen LogP contribution in [0.1, 0.15) is 20.3 Å². The highest BCUT2D eigenvalue weighted by atomic mass is 32.2. The van der Waals surface area contributed by atoms with Gasteiger partial charge in [0, 0.05) is 0 Å². The first-order valence-corrected chi connectivity index (χ1v) is 3.66. The minimum Gasteiger partial charge on any atom is -0.103 e. The van der Waals surface area contributed by atoms with Crippen LogP contribution in [-0.2, 0) is 0 Å². The molecule has 0 saturated heterocycles. The first kappa shape index (κ1) is 5.96. The van der Waals surface area contributed by atoms with E-state index < -0.39 is 0 Å². The first-order chi connectivity index (χ1) is 3.79. The Balaban J connectivity index is 2.54. The molecule has 0 amide bonds. The topological polar surface area (TPSA) is 0 Å². The van der Waals surface area contributed by atoms with Crippen LogP contribution in [0.2, 0.25) is 0 Å². The van der Waals surface area contributed by atoms with Crippen molar-refractivity contribution in [3.05, 3.63) is 22.0 Å². The van der Waals surface area contributed by atoms with Crippen molar-refractivity contribution in [1.82, 2.24) is 0 Å². The van der Waals surface area contributed by atoms with E-state index in [4.69, 9.17) is 0 Å². The summed E-state index contributed by atoms with van der Waals surface area (Å²) in [6, 6.07) is 0. The molecule has 0 bridgehead atoms. The zero-order valence-corrected chi connectivity index (χ0v) is 6.09. The molecule has 0 saturated carbocycles. The van der Waals surface area contributed by atoms with Gasteiger partial charge in [-0.1, -0.05) is 11.6 Å². The Morgan fingerprint density at radius 2 is 2.25 bits per heavy atom. The Morgan fingerprint density at radius 3 is 2.62 bits per heavy atom. The molecule has 0 nitrogen and oxygen atoms in total. The van der Waals surface area contributed by atoms with E-state index >= 15 is 0 Å². The smallest absolute Gasteiger partial charge is 0.0122 e. The van der Waals surface area contributed by atoms with E-state index in [1.165, 1.54) is 10.5 Å². The quantitative estimate of drug-likeness (QED) is 0.481. The van der Waals surface area contributed by atoms with Crippen LogP contribution in [0, 0.1) is 0 Å². The van der Waals surface area contributed by atoms with E-state index in [0.29, 0.717) is 0 Å². The summed E-state index contributed by atoms with van der Waals surface area (Å²) in [5.41, 5.74) is 1.47. The van der Waals surface area contributed by atoms with Gasteiger partial charge in [0.2, 0.25) is 0 Å². The van der Waals surface area contributed by atoms with E-state index in [1.807, 2.05) is 11.8 Å². The fraction of sp³-hybridized carbons (Fsp3) is 0.429. The molecular formula is C7H10S. The predicted molar refractivity (Wildman–Crippen MR) is 39.7 cm³/mol. The largest absolute Gasteiger partial charge is 0.103 e. The summed E-state index contributed by atoms with van der Waals surface area (Å²) in [6.07, 6.45) is 3.42. The maximum atomic E-state index is 2.26. The maximum Gasteiger partial charge on any atom is -0.0122 e. The van der Waals surface area contributed by atoms with Crippen LogP contribution in [-0.4, -0.2) is 0 Å². The SMILES string of the molecule is CC1=CSC(C)=CC1. The molecule has 0 atom stereocenters. The average Bonchev–Trinajstić information content (AvgIpc) is 1.77. The molecule has 1 aliphatic heterocycles. The minimum absolute atomic E-state index is 1.15.